The first-order valence-electron chi connectivity index (χ1n) is 8.06. The average molecular weight is 295 g/mol. The third-order valence-corrected chi connectivity index (χ3v) is 4.74. The standard InChI is InChI=1S/C18H21N3O/c1-13-4-3-8-21(13)9-7-16-10-14-5-2-6-17(18(14)22-16)15-11-19-20-12-15/h2,5-6,10-13H,3-4,7-9H2,1H3,(H,19,20)/t13-/m1/s1. The highest BCUT2D eigenvalue weighted by molar-refractivity contribution is 5.92. The molecule has 1 saturated heterocycles. The number of para-hydroxylation sites is 1. The minimum absolute atomic E-state index is 0.714. The van der Waals surface area contributed by atoms with Crippen molar-refractivity contribution in [2.75, 3.05) is 13.1 Å². The largest absolute Gasteiger partial charge is 0.460 e. The molecule has 0 spiro atoms. The first-order chi connectivity index (χ1) is 10.8. The SMILES string of the molecule is C[C@@H]1CCCN1CCc1cc2cccc(-c3cn[nH]c3)c2o1. The summed E-state index contributed by atoms with van der Waals surface area (Å²) in [7, 11) is 0. The molecule has 0 bridgehead atoms. The number of nitrogens with zero attached hydrogens (tertiary/aromatic N) is 2. The fraction of sp³-hybridized carbons (Fsp3) is 0.389. The second-order valence-electron chi connectivity index (χ2n) is 6.20. The van der Waals surface area contributed by atoms with Gasteiger partial charge in [-0.1, -0.05) is 18.2 Å². The minimum Gasteiger partial charge on any atom is -0.460 e. The van der Waals surface area contributed by atoms with Crippen LogP contribution in [0.2, 0.25) is 0 Å². The van der Waals surface area contributed by atoms with Gasteiger partial charge in [-0.2, -0.15) is 5.10 Å². The third kappa shape index (κ3) is 2.44. The number of nitrogens with one attached hydrogen (secondary N) is 1. The van der Waals surface area contributed by atoms with Gasteiger partial charge < -0.3 is 9.32 Å². The molecule has 3 aromatic rings. The minimum atomic E-state index is 0.714. The lowest BCUT2D eigenvalue weighted by atomic mass is 10.1. The summed E-state index contributed by atoms with van der Waals surface area (Å²) < 4.78 is 6.15. The molecule has 1 atom stereocenters. The lowest BCUT2D eigenvalue weighted by Gasteiger charge is -2.19. The van der Waals surface area contributed by atoms with E-state index >= 15 is 0 Å². The summed E-state index contributed by atoms with van der Waals surface area (Å²) in [4.78, 5) is 2.56. The Balaban J connectivity index is 1.59. The van der Waals surface area contributed by atoms with Gasteiger partial charge in [0.15, 0.2) is 0 Å². The molecule has 1 aliphatic rings. The number of aromatic nitrogens is 2. The van der Waals surface area contributed by atoms with Crippen LogP contribution < -0.4 is 0 Å². The average Bonchev–Trinajstić information content (AvgIpc) is 3.25. The van der Waals surface area contributed by atoms with E-state index in [9.17, 15) is 0 Å². The van der Waals surface area contributed by atoms with Gasteiger partial charge in [-0.05, 0) is 32.4 Å². The van der Waals surface area contributed by atoms with Crippen molar-refractivity contribution < 1.29 is 4.42 Å². The third-order valence-electron chi connectivity index (χ3n) is 4.74. The lowest BCUT2D eigenvalue weighted by molar-refractivity contribution is 0.266. The van der Waals surface area contributed by atoms with E-state index < -0.39 is 0 Å². The number of likely N-dealkylation sites (tertiary alicyclic amines) is 1. The fourth-order valence-electron chi connectivity index (χ4n) is 3.44. The molecule has 1 fully saturated rings. The van der Waals surface area contributed by atoms with Crippen LogP contribution in [0.3, 0.4) is 0 Å². The normalized spacial score (nSPS) is 19.2. The van der Waals surface area contributed by atoms with E-state index in [0.717, 1.165) is 35.4 Å². The smallest absolute Gasteiger partial charge is 0.142 e. The molecule has 22 heavy (non-hydrogen) atoms. The van der Waals surface area contributed by atoms with Crippen molar-refractivity contribution in [1.82, 2.24) is 15.1 Å². The molecule has 4 rings (SSSR count). The summed E-state index contributed by atoms with van der Waals surface area (Å²) in [6.45, 7) is 4.63. The highest BCUT2D eigenvalue weighted by Gasteiger charge is 2.20. The van der Waals surface area contributed by atoms with Crippen molar-refractivity contribution in [3.63, 3.8) is 0 Å². The fourth-order valence-corrected chi connectivity index (χ4v) is 3.44. The molecule has 0 amide bonds. The van der Waals surface area contributed by atoms with Crippen LogP contribution in [0.5, 0.6) is 0 Å². The van der Waals surface area contributed by atoms with Crippen molar-refractivity contribution in [3.05, 3.63) is 42.4 Å². The molecule has 3 heterocycles. The number of H-pyrrole nitrogens is 1. The Morgan fingerprint density at radius 3 is 3.14 bits per heavy atom. The number of fused-ring (bicyclic) bond motifs is 1. The second kappa shape index (κ2) is 5.61. The van der Waals surface area contributed by atoms with Crippen LogP contribution in [0, 0.1) is 0 Å². The van der Waals surface area contributed by atoms with E-state index in [4.69, 9.17) is 4.42 Å². The van der Waals surface area contributed by atoms with Gasteiger partial charge in [0.2, 0.25) is 0 Å². The van der Waals surface area contributed by atoms with Gasteiger partial charge in [0.1, 0.15) is 11.3 Å². The Bertz CT molecular complexity index is 760. The Kier molecular flexibility index (Phi) is 3.47. The molecule has 0 radical (unpaired) electrons. The predicted octanol–water partition coefficient (Wildman–Crippen LogP) is 3.85. The predicted molar refractivity (Wildman–Crippen MR) is 87.8 cm³/mol. The van der Waals surface area contributed by atoms with Crippen LogP contribution in [0.1, 0.15) is 25.5 Å². The van der Waals surface area contributed by atoms with Gasteiger partial charge in [-0.3, -0.25) is 5.10 Å². The molecule has 1 aliphatic heterocycles. The van der Waals surface area contributed by atoms with Crippen molar-refractivity contribution in [2.24, 2.45) is 0 Å². The van der Waals surface area contributed by atoms with Crippen LogP contribution in [0.25, 0.3) is 22.1 Å². The van der Waals surface area contributed by atoms with Crippen molar-refractivity contribution in [1.29, 1.82) is 0 Å². The maximum absolute atomic E-state index is 6.15. The van der Waals surface area contributed by atoms with Crippen LogP contribution in [0.4, 0.5) is 0 Å². The van der Waals surface area contributed by atoms with Gasteiger partial charge in [-0.15, -0.1) is 0 Å². The quantitative estimate of drug-likeness (QED) is 0.795. The van der Waals surface area contributed by atoms with E-state index in [1.54, 1.807) is 0 Å². The van der Waals surface area contributed by atoms with Gasteiger partial charge in [-0.25, -0.2) is 0 Å². The molecule has 114 valence electrons. The van der Waals surface area contributed by atoms with E-state index in [-0.39, 0.29) is 0 Å². The van der Waals surface area contributed by atoms with Crippen LogP contribution >= 0.6 is 0 Å². The first kappa shape index (κ1) is 13.6. The summed E-state index contributed by atoms with van der Waals surface area (Å²) >= 11 is 0. The molecule has 4 heteroatoms. The molecule has 0 saturated carbocycles. The van der Waals surface area contributed by atoms with E-state index in [0.29, 0.717) is 6.04 Å². The van der Waals surface area contributed by atoms with E-state index in [2.05, 4.69) is 46.3 Å². The van der Waals surface area contributed by atoms with Crippen molar-refractivity contribution in [3.8, 4) is 11.1 Å². The monoisotopic (exact) mass is 295 g/mol. The van der Waals surface area contributed by atoms with Gasteiger partial charge >= 0.3 is 0 Å². The number of rotatable bonds is 4. The Labute approximate surface area is 130 Å². The van der Waals surface area contributed by atoms with Gasteiger partial charge in [0.05, 0.1) is 6.20 Å². The van der Waals surface area contributed by atoms with E-state index in [1.165, 1.54) is 24.8 Å². The van der Waals surface area contributed by atoms with Gasteiger partial charge in [0.25, 0.3) is 0 Å². The molecule has 4 nitrogen and oxygen atoms in total. The maximum atomic E-state index is 6.15. The zero-order valence-corrected chi connectivity index (χ0v) is 12.9. The summed E-state index contributed by atoms with van der Waals surface area (Å²) in [6.07, 6.45) is 7.37. The molecule has 0 unspecified atom stereocenters. The molecule has 0 aliphatic carbocycles. The topological polar surface area (TPSA) is 45.1 Å². The molecule has 1 aromatic carbocycles. The van der Waals surface area contributed by atoms with Crippen LogP contribution in [0.15, 0.2) is 41.1 Å². The molecular weight excluding hydrogens is 274 g/mol. The first-order valence-corrected chi connectivity index (χ1v) is 8.06. The molecule has 2 aromatic heterocycles. The zero-order chi connectivity index (χ0) is 14.9. The van der Waals surface area contributed by atoms with Gasteiger partial charge in [0, 0.05) is 41.7 Å². The van der Waals surface area contributed by atoms with Crippen LogP contribution in [-0.2, 0) is 6.42 Å². The summed E-state index contributed by atoms with van der Waals surface area (Å²) in [5, 5.41) is 8.07. The lowest BCUT2D eigenvalue weighted by Crippen LogP contribution is -2.28. The Morgan fingerprint density at radius 1 is 1.41 bits per heavy atom. The number of furan rings is 1. The number of hydrogen-bond acceptors (Lipinski definition) is 3. The maximum Gasteiger partial charge on any atom is 0.142 e. The number of benzene rings is 1. The highest BCUT2D eigenvalue weighted by Crippen LogP contribution is 2.30. The summed E-state index contributed by atoms with van der Waals surface area (Å²) in [5.74, 6) is 1.07. The second-order valence-corrected chi connectivity index (χ2v) is 6.20. The Hall–Kier alpha value is -2.07. The molecular formula is C18H21N3O. The molecule has 1 N–H and O–H groups in total. The number of aromatic amines is 1. The summed E-state index contributed by atoms with van der Waals surface area (Å²) in [5.41, 5.74) is 3.14. The van der Waals surface area contributed by atoms with Crippen LogP contribution in [-0.4, -0.2) is 34.2 Å². The Morgan fingerprint density at radius 2 is 2.36 bits per heavy atom. The number of hydrogen-bond donors (Lipinski definition) is 1. The summed E-state index contributed by atoms with van der Waals surface area (Å²) in [6, 6.07) is 9.17. The van der Waals surface area contributed by atoms with Crippen molar-refractivity contribution >= 4 is 11.0 Å². The van der Waals surface area contributed by atoms with Crippen molar-refractivity contribution in [2.45, 2.75) is 32.2 Å². The zero-order valence-electron chi connectivity index (χ0n) is 12.9. The highest BCUT2D eigenvalue weighted by atomic mass is 16.3. The van der Waals surface area contributed by atoms with E-state index in [1.807, 2.05) is 12.4 Å².